The third kappa shape index (κ3) is 2.06. The van der Waals surface area contributed by atoms with Crippen LogP contribution in [-0.4, -0.2) is 23.9 Å². The number of rotatable bonds is 2. The Morgan fingerprint density at radius 2 is 2.21 bits per heavy atom. The summed E-state index contributed by atoms with van der Waals surface area (Å²) in [6, 6.07) is 7.80. The molecule has 0 fully saturated rings. The number of aromatic nitrogens is 1. The molecule has 0 saturated carbocycles. The maximum absolute atomic E-state index is 11.6. The largest absolute Gasteiger partial charge is 0.355 e. The summed E-state index contributed by atoms with van der Waals surface area (Å²) >= 11 is 0. The minimum atomic E-state index is -0.309. The molecule has 3 rings (SSSR count). The first-order valence-corrected chi connectivity index (χ1v) is 6.39. The summed E-state index contributed by atoms with van der Waals surface area (Å²) in [5.74, 6) is 0.0768. The SMILES string of the molecule is CNC1ONC(C(C)=O)Cc2c1[nH]c1ccccc21. The molecule has 3 N–H and O–H groups in total. The minimum Gasteiger partial charge on any atom is -0.355 e. The van der Waals surface area contributed by atoms with Gasteiger partial charge in [-0.2, -0.15) is 5.48 Å². The number of Topliss-reactive ketones (excluding diaryl/α,β-unsaturated/α-hetero) is 1. The Balaban J connectivity index is 2.15. The first-order valence-electron chi connectivity index (χ1n) is 6.39. The van der Waals surface area contributed by atoms with E-state index in [1.165, 1.54) is 0 Å². The molecule has 5 nitrogen and oxygen atoms in total. The maximum atomic E-state index is 11.6. The predicted molar refractivity (Wildman–Crippen MR) is 72.5 cm³/mol. The highest BCUT2D eigenvalue weighted by atomic mass is 16.7. The van der Waals surface area contributed by atoms with E-state index in [2.05, 4.69) is 21.8 Å². The fourth-order valence-electron chi connectivity index (χ4n) is 2.55. The van der Waals surface area contributed by atoms with Crippen molar-refractivity contribution in [3.8, 4) is 0 Å². The van der Waals surface area contributed by atoms with Crippen LogP contribution in [0.4, 0.5) is 0 Å². The molecule has 2 aromatic rings. The molecule has 0 aliphatic carbocycles. The molecule has 0 amide bonds. The van der Waals surface area contributed by atoms with Gasteiger partial charge in [-0.1, -0.05) is 18.2 Å². The van der Waals surface area contributed by atoms with Crippen LogP contribution in [0.3, 0.4) is 0 Å². The highest BCUT2D eigenvalue weighted by molar-refractivity contribution is 5.87. The number of carbonyl (C=O) groups is 1. The van der Waals surface area contributed by atoms with Crippen molar-refractivity contribution in [3.63, 3.8) is 0 Å². The van der Waals surface area contributed by atoms with E-state index in [1.807, 2.05) is 25.2 Å². The van der Waals surface area contributed by atoms with Crippen LogP contribution >= 0.6 is 0 Å². The molecule has 2 atom stereocenters. The highest BCUT2D eigenvalue weighted by Gasteiger charge is 2.28. The Morgan fingerprint density at radius 3 is 2.95 bits per heavy atom. The molecule has 2 heterocycles. The molecule has 1 aromatic heterocycles. The van der Waals surface area contributed by atoms with Gasteiger partial charge in [0.2, 0.25) is 0 Å². The van der Waals surface area contributed by atoms with Crippen LogP contribution < -0.4 is 10.8 Å². The van der Waals surface area contributed by atoms with Crippen LogP contribution in [0.5, 0.6) is 0 Å². The van der Waals surface area contributed by atoms with Gasteiger partial charge in [-0.3, -0.25) is 14.9 Å². The van der Waals surface area contributed by atoms with E-state index in [0.717, 1.165) is 22.2 Å². The summed E-state index contributed by atoms with van der Waals surface area (Å²) in [4.78, 5) is 20.6. The fourth-order valence-corrected chi connectivity index (χ4v) is 2.55. The fraction of sp³-hybridized carbons (Fsp3) is 0.357. The number of H-pyrrole nitrogens is 1. The molecule has 1 aliphatic heterocycles. The number of benzene rings is 1. The quantitative estimate of drug-likeness (QED) is 0.763. The Kier molecular flexibility index (Phi) is 3.10. The van der Waals surface area contributed by atoms with E-state index in [0.29, 0.717) is 6.42 Å². The first kappa shape index (κ1) is 12.3. The second-order valence-electron chi connectivity index (χ2n) is 4.83. The van der Waals surface area contributed by atoms with E-state index in [4.69, 9.17) is 4.84 Å². The predicted octanol–water partition coefficient (Wildman–Crippen LogP) is 1.42. The van der Waals surface area contributed by atoms with E-state index in [1.54, 1.807) is 6.92 Å². The maximum Gasteiger partial charge on any atom is 0.170 e. The highest BCUT2D eigenvalue weighted by Crippen LogP contribution is 2.30. The average molecular weight is 259 g/mol. The number of ketones is 1. The smallest absolute Gasteiger partial charge is 0.170 e. The molecule has 2 unspecified atom stereocenters. The zero-order chi connectivity index (χ0) is 13.4. The van der Waals surface area contributed by atoms with Gasteiger partial charge in [0.15, 0.2) is 6.23 Å². The summed E-state index contributed by atoms with van der Waals surface area (Å²) in [7, 11) is 1.83. The van der Waals surface area contributed by atoms with Crippen LogP contribution in [0.15, 0.2) is 24.3 Å². The van der Waals surface area contributed by atoms with Crippen LogP contribution in [0.25, 0.3) is 10.9 Å². The Hall–Kier alpha value is -1.69. The Morgan fingerprint density at radius 1 is 1.42 bits per heavy atom. The first-order chi connectivity index (χ1) is 9.20. The van der Waals surface area contributed by atoms with Gasteiger partial charge >= 0.3 is 0 Å². The zero-order valence-corrected chi connectivity index (χ0v) is 11.0. The van der Waals surface area contributed by atoms with Gasteiger partial charge in [0.25, 0.3) is 0 Å². The van der Waals surface area contributed by atoms with Crippen molar-refractivity contribution < 1.29 is 9.63 Å². The van der Waals surface area contributed by atoms with Crippen molar-refractivity contribution >= 4 is 16.7 Å². The lowest BCUT2D eigenvalue weighted by molar-refractivity contribution is -0.126. The number of aromatic amines is 1. The summed E-state index contributed by atoms with van der Waals surface area (Å²) in [5, 5.41) is 4.24. The second-order valence-corrected chi connectivity index (χ2v) is 4.83. The van der Waals surface area contributed by atoms with E-state index in [-0.39, 0.29) is 18.1 Å². The molecule has 1 aromatic carbocycles. The van der Waals surface area contributed by atoms with Gasteiger partial charge < -0.3 is 4.98 Å². The number of hydrogen-bond donors (Lipinski definition) is 3. The topological polar surface area (TPSA) is 66.2 Å². The molecule has 0 bridgehead atoms. The molecule has 1 aliphatic rings. The number of nitrogens with one attached hydrogen (secondary N) is 3. The van der Waals surface area contributed by atoms with Crippen molar-refractivity contribution in [2.24, 2.45) is 0 Å². The lowest BCUT2D eigenvalue weighted by atomic mass is 10.0. The molecule has 0 radical (unpaired) electrons. The van der Waals surface area contributed by atoms with Crippen molar-refractivity contribution in [1.82, 2.24) is 15.8 Å². The summed E-state index contributed by atoms with van der Waals surface area (Å²) in [5.41, 5.74) is 6.04. The van der Waals surface area contributed by atoms with Crippen molar-refractivity contribution in [3.05, 3.63) is 35.5 Å². The summed E-state index contributed by atoms with van der Waals surface area (Å²) < 4.78 is 0. The number of hydrogen-bond acceptors (Lipinski definition) is 4. The van der Waals surface area contributed by atoms with Gasteiger partial charge in [0.05, 0.1) is 11.7 Å². The number of fused-ring (bicyclic) bond motifs is 3. The van der Waals surface area contributed by atoms with Gasteiger partial charge in [-0.25, -0.2) is 0 Å². The summed E-state index contributed by atoms with van der Waals surface area (Å²) in [6.07, 6.45) is 0.346. The van der Waals surface area contributed by atoms with E-state index < -0.39 is 0 Å². The number of hydroxylamine groups is 1. The van der Waals surface area contributed by atoms with E-state index >= 15 is 0 Å². The normalized spacial score (nSPS) is 23.1. The van der Waals surface area contributed by atoms with Gasteiger partial charge in [0.1, 0.15) is 5.78 Å². The molecule has 5 heteroatoms. The van der Waals surface area contributed by atoms with Gasteiger partial charge in [-0.15, -0.1) is 0 Å². The van der Waals surface area contributed by atoms with Crippen molar-refractivity contribution in [2.75, 3.05) is 7.05 Å². The van der Waals surface area contributed by atoms with Crippen LogP contribution in [-0.2, 0) is 16.1 Å². The van der Waals surface area contributed by atoms with E-state index in [9.17, 15) is 4.79 Å². The van der Waals surface area contributed by atoms with Crippen molar-refractivity contribution in [1.29, 1.82) is 0 Å². The number of carbonyl (C=O) groups excluding carboxylic acids is 1. The van der Waals surface area contributed by atoms with Crippen LogP contribution in [0, 0.1) is 0 Å². The molecular weight excluding hydrogens is 242 g/mol. The Labute approximate surface area is 111 Å². The lowest BCUT2D eigenvalue weighted by Gasteiger charge is -2.16. The third-order valence-corrected chi connectivity index (χ3v) is 3.60. The molecular formula is C14H17N3O2. The second kappa shape index (κ2) is 4.77. The van der Waals surface area contributed by atoms with Gasteiger partial charge in [0, 0.05) is 10.9 Å². The molecule has 19 heavy (non-hydrogen) atoms. The molecule has 100 valence electrons. The Bertz CT molecular complexity index is 620. The van der Waals surface area contributed by atoms with Gasteiger partial charge in [-0.05, 0) is 32.0 Å². The molecule has 0 saturated heterocycles. The monoisotopic (exact) mass is 259 g/mol. The number of para-hydroxylation sites is 1. The average Bonchev–Trinajstić information content (AvgIpc) is 2.66. The summed E-state index contributed by atoms with van der Waals surface area (Å²) in [6.45, 7) is 1.58. The standard InChI is InChI=1S/C14H17N3O2/c1-8(18)12-7-10-9-5-3-4-6-11(9)16-13(10)14(15-2)19-17-12/h3-6,12,14-17H,7H2,1-2H3. The third-order valence-electron chi connectivity index (χ3n) is 3.60. The van der Waals surface area contributed by atoms with Crippen LogP contribution in [0.1, 0.15) is 24.4 Å². The van der Waals surface area contributed by atoms with Crippen LogP contribution in [0.2, 0.25) is 0 Å². The minimum absolute atomic E-state index is 0.0768. The molecule has 0 spiro atoms. The van der Waals surface area contributed by atoms with Crippen molar-refractivity contribution in [2.45, 2.75) is 25.6 Å². The zero-order valence-electron chi connectivity index (χ0n) is 11.0. The lowest BCUT2D eigenvalue weighted by Crippen LogP contribution is -2.37.